The Labute approximate surface area is 117 Å². The number of halogens is 1. The molecule has 1 saturated heterocycles. The average Bonchev–Trinajstić information content (AvgIpc) is 2.39. The fraction of sp³-hybridized carbons (Fsp3) is 0.538. The standard InChI is InChI=1S/C13H18BrNO2S/c1-2-18(16,17)15-9-4-3-8-13(15)11-6-5-7-12(14)10-11/h5-7,10,13H,2-4,8-9H2,1H3. The van der Waals surface area contributed by atoms with Crippen LogP contribution in [0.3, 0.4) is 0 Å². The van der Waals surface area contributed by atoms with E-state index in [2.05, 4.69) is 15.9 Å². The second kappa shape index (κ2) is 5.72. The van der Waals surface area contributed by atoms with Crippen molar-refractivity contribution in [3.8, 4) is 0 Å². The first-order valence-corrected chi connectivity index (χ1v) is 8.70. The molecule has 0 amide bonds. The Morgan fingerprint density at radius 3 is 2.83 bits per heavy atom. The molecule has 0 bridgehead atoms. The van der Waals surface area contributed by atoms with E-state index in [1.54, 1.807) is 11.2 Å². The molecule has 1 aromatic carbocycles. The first-order valence-electron chi connectivity index (χ1n) is 6.29. The first-order chi connectivity index (χ1) is 8.54. The Morgan fingerprint density at radius 1 is 1.39 bits per heavy atom. The van der Waals surface area contributed by atoms with E-state index in [9.17, 15) is 8.42 Å². The monoisotopic (exact) mass is 331 g/mol. The number of hydrogen-bond donors (Lipinski definition) is 0. The van der Waals surface area contributed by atoms with Crippen LogP contribution in [-0.2, 0) is 10.0 Å². The van der Waals surface area contributed by atoms with Gasteiger partial charge in [-0.1, -0.05) is 34.5 Å². The van der Waals surface area contributed by atoms with Gasteiger partial charge in [-0.05, 0) is 37.5 Å². The maximum Gasteiger partial charge on any atom is 0.214 e. The fourth-order valence-corrected chi connectivity index (χ4v) is 4.22. The van der Waals surface area contributed by atoms with Gasteiger partial charge < -0.3 is 0 Å². The van der Waals surface area contributed by atoms with E-state index >= 15 is 0 Å². The molecule has 1 heterocycles. The Bertz CT molecular complexity index is 515. The minimum Gasteiger partial charge on any atom is -0.212 e. The SMILES string of the molecule is CCS(=O)(=O)N1CCCCC1c1cccc(Br)c1. The van der Waals surface area contributed by atoms with Gasteiger partial charge in [-0.2, -0.15) is 4.31 Å². The van der Waals surface area contributed by atoms with E-state index in [1.165, 1.54) is 0 Å². The fourth-order valence-electron chi connectivity index (χ4n) is 2.45. The highest BCUT2D eigenvalue weighted by Crippen LogP contribution is 2.34. The van der Waals surface area contributed by atoms with Gasteiger partial charge in [-0.15, -0.1) is 0 Å². The van der Waals surface area contributed by atoms with Crippen molar-refractivity contribution in [3.05, 3.63) is 34.3 Å². The van der Waals surface area contributed by atoms with Gasteiger partial charge in [0.2, 0.25) is 10.0 Å². The number of sulfonamides is 1. The van der Waals surface area contributed by atoms with Gasteiger partial charge >= 0.3 is 0 Å². The van der Waals surface area contributed by atoms with Gasteiger partial charge in [-0.25, -0.2) is 8.42 Å². The maximum absolute atomic E-state index is 12.1. The molecule has 3 nitrogen and oxygen atoms in total. The van der Waals surface area contributed by atoms with Gasteiger partial charge in [0.05, 0.1) is 5.75 Å². The molecule has 0 aromatic heterocycles. The third-order valence-electron chi connectivity index (χ3n) is 3.41. The number of hydrogen-bond acceptors (Lipinski definition) is 2. The summed E-state index contributed by atoms with van der Waals surface area (Å²) in [7, 11) is -3.11. The van der Waals surface area contributed by atoms with Crippen LogP contribution in [-0.4, -0.2) is 25.0 Å². The lowest BCUT2D eigenvalue weighted by molar-refractivity contribution is 0.256. The van der Waals surface area contributed by atoms with E-state index in [4.69, 9.17) is 0 Å². The molecule has 0 aliphatic carbocycles. The van der Waals surface area contributed by atoms with E-state index in [1.807, 2.05) is 24.3 Å². The summed E-state index contributed by atoms with van der Waals surface area (Å²) >= 11 is 3.45. The number of piperidine rings is 1. The third kappa shape index (κ3) is 2.95. The van der Waals surface area contributed by atoms with Crippen molar-refractivity contribution >= 4 is 26.0 Å². The van der Waals surface area contributed by atoms with Gasteiger partial charge in [-0.3, -0.25) is 0 Å². The van der Waals surface area contributed by atoms with Gasteiger partial charge in [0.15, 0.2) is 0 Å². The molecular weight excluding hydrogens is 314 g/mol. The summed E-state index contributed by atoms with van der Waals surface area (Å²) in [5.74, 6) is 0.178. The normalized spacial score (nSPS) is 22.0. The highest BCUT2D eigenvalue weighted by molar-refractivity contribution is 9.10. The summed E-state index contributed by atoms with van der Waals surface area (Å²) in [6.45, 7) is 2.36. The molecule has 100 valence electrons. The molecule has 0 N–H and O–H groups in total. The molecule has 1 fully saturated rings. The predicted molar refractivity (Wildman–Crippen MR) is 76.9 cm³/mol. The quantitative estimate of drug-likeness (QED) is 0.851. The van der Waals surface area contributed by atoms with Crippen LogP contribution in [0.5, 0.6) is 0 Å². The highest BCUT2D eigenvalue weighted by Gasteiger charge is 2.31. The van der Waals surface area contributed by atoms with Crippen molar-refractivity contribution in [1.82, 2.24) is 4.31 Å². The Balaban J connectivity index is 2.34. The van der Waals surface area contributed by atoms with E-state index in [0.717, 1.165) is 29.3 Å². The summed E-state index contributed by atoms with van der Waals surface area (Å²) in [4.78, 5) is 0. The molecule has 0 saturated carbocycles. The van der Waals surface area contributed by atoms with Gasteiger partial charge in [0, 0.05) is 17.1 Å². The first kappa shape index (κ1) is 14.0. The second-order valence-corrected chi connectivity index (χ2v) is 7.70. The van der Waals surface area contributed by atoms with Crippen molar-refractivity contribution in [1.29, 1.82) is 0 Å². The summed E-state index contributed by atoms with van der Waals surface area (Å²) in [6.07, 6.45) is 2.96. The molecule has 2 rings (SSSR count). The maximum atomic E-state index is 12.1. The molecular formula is C13H18BrNO2S. The van der Waals surface area contributed by atoms with E-state index in [0.29, 0.717) is 6.54 Å². The Morgan fingerprint density at radius 2 is 2.17 bits per heavy atom. The van der Waals surface area contributed by atoms with Crippen LogP contribution in [0, 0.1) is 0 Å². The smallest absolute Gasteiger partial charge is 0.212 e. The van der Waals surface area contributed by atoms with E-state index in [-0.39, 0.29) is 11.8 Å². The lowest BCUT2D eigenvalue weighted by Crippen LogP contribution is -2.39. The predicted octanol–water partition coefficient (Wildman–Crippen LogP) is 3.33. The Hall–Kier alpha value is -0.390. The molecule has 1 aliphatic rings. The van der Waals surface area contributed by atoms with Crippen LogP contribution in [0.15, 0.2) is 28.7 Å². The van der Waals surface area contributed by atoms with Crippen molar-refractivity contribution < 1.29 is 8.42 Å². The average molecular weight is 332 g/mol. The topological polar surface area (TPSA) is 37.4 Å². The van der Waals surface area contributed by atoms with Crippen molar-refractivity contribution in [2.24, 2.45) is 0 Å². The molecule has 1 unspecified atom stereocenters. The van der Waals surface area contributed by atoms with Crippen molar-refractivity contribution in [2.45, 2.75) is 32.2 Å². The summed E-state index contributed by atoms with van der Waals surface area (Å²) in [5.41, 5.74) is 1.08. The lowest BCUT2D eigenvalue weighted by atomic mass is 9.98. The highest BCUT2D eigenvalue weighted by atomic mass is 79.9. The molecule has 18 heavy (non-hydrogen) atoms. The zero-order valence-corrected chi connectivity index (χ0v) is 12.9. The van der Waals surface area contributed by atoms with Crippen LogP contribution in [0.1, 0.15) is 37.8 Å². The molecule has 0 spiro atoms. The second-order valence-electron chi connectivity index (χ2n) is 4.58. The minimum absolute atomic E-state index is 0.00111. The summed E-state index contributed by atoms with van der Waals surface area (Å²) in [6, 6.07) is 7.96. The van der Waals surface area contributed by atoms with Crippen LogP contribution in [0.25, 0.3) is 0 Å². The van der Waals surface area contributed by atoms with E-state index < -0.39 is 10.0 Å². The zero-order chi connectivity index (χ0) is 13.2. The van der Waals surface area contributed by atoms with Gasteiger partial charge in [0.1, 0.15) is 0 Å². The molecule has 1 atom stereocenters. The molecule has 0 radical (unpaired) electrons. The molecule has 1 aromatic rings. The number of rotatable bonds is 3. The van der Waals surface area contributed by atoms with Crippen LogP contribution in [0.2, 0.25) is 0 Å². The lowest BCUT2D eigenvalue weighted by Gasteiger charge is -2.34. The van der Waals surface area contributed by atoms with Crippen LogP contribution < -0.4 is 0 Å². The van der Waals surface area contributed by atoms with Gasteiger partial charge in [0.25, 0.3) is 0 Å². The zero-order valence-electron chi connectivity index (χ0n) is 10.5. The summed E-state index contributed by atoms with van der Waals surface area (Å²) in [5, 5.41) is 0. The molecule has 1 aliphatic heterocycles. The molecule has 5 heteroatoms. The Kier molecular flexibility index (Phi) is 4.45. The van der Waals surface area contributed by atoms with Crippen LogP contribution in [0.4, 0.5) is 0 Å². The third-order valence-corrected chi connectivity index (χ3v) is 5.78. The van der Waals surface area contributed by atoms with Crippen molar-refractivity contribution in [2.75, 3.05) is 12.3 Å². The van der Waals surface area contributed by atoms with Crippen LogP contribution >= 0.6 is 15.9 Å². The minimum atomic E-state index is -3.11. The largest absolute Gasteiger partial charge is 0.214 e. The summed E-state index contributed by atoms with van der Waals surface area (Å²) < 4.78 is 27.0. The number of benzene rings is 1. The van der Waals surface area contributed by atoms with Crippen molar-refractivity contribution in [3.63, 3.8) is 0 Å². The number of nitrogens with zero attached hydrogens (tertiary/aromatic N) is 1.